The van der Waals surface area contributed by atoms with Crippen LogP contribution in [0, 0.1) is 5.92 Å². The number of fused-ring (bicyclic) bond motifs is 1. The van der Waals surface area contributed by atoms with Crippen LogP contribution in [-0.2, 0) is 11.8 Å². The summed E-state index contributed by atoms with van der Waals surface area (Å²) >= 11 is 0. The number of carbonyl (C=O) groups is 1. The molecule has 6 heteroatoms. The van der Waals surface area contributed by atoms with Crippen LogP contribution in [0.1, 0.15) is 67.3 Å². The van der Waals surface area contributed by atoms with Gasteiger partial charge in [-0.15, -0.1) is 10.2 Å². The lowest BCUT2D eigenvalue weighted by molar-refractivity contribution is 0.0764. The van der Waals surface area contributed by atoms with Gasteiger partial charge < -0.3 is 13.9 Å². The Balaban J connectivity index is 1.43. The van der Waals surface area contributed by atoms with Crippen molar-refractivity contribution >= 4 is 5.91 Å². The Morgan fingerprint density at radius 2 is 2.24 bits per heavy atom. The standard InChI is InChI=1S/C19H24N4O2/c1-2-16-20-21-18(25-16)19-9-3-5-13(19)11-22(12-19)17(24)15-6-4-10-23(15)14-7-8-14/h4,6,10,13-14H,2-3,5,7-9,11-12H2,1H3/t13-,19-/m0/s1. The lowest BCUT2D eigenvalue weighted by Gasteiger charge is -2.24. The average molecular weight is 340 g/mol. The van der Waals surface area contributed by atoms with Gasteiger partial charge in [0.2, 0.25) is 11.8 Å². The Morgan fingerprint density at radius 3 is 3.00 bits per heavy atom. The van der Waals surface area contributed by atoms with E-state index in [2.05, 4.69) is 14.8 Å². The predicted molar refractivity (Wildman–Crippen MR) is 91.3 cm³/mol. The Labute approximate surface area is 147 Å². The van der Waals surface area contributed by atoms with Gasteiger partial charge in [-0.1, -0.05) is 13.3 Å². The number of hydrogen-bond acceptors (Lipinski definition) is 4. The molecule has 2 aromatic heterocycles. The second-order valence-corrected chi connectivity index (χ2v) is 7.82. The van der Waals surface area contributed by atoms with Crippen LogP contribution in [0.5, 0.6) is 0 Å². The fourth-order valence-electron chi connectivity index (χ4n) is 4.80. The van der Waals surface area contributed by atoms with E-state index < -0.39 is 0 Å². The van der Waals surface area contributed by atoms with Gasteiger partial charge in [-0.3, -0.25) is 4.79 Å². The molecule has 2 saturated carbocycles. The molecule has 0 radical (unpaired) electrons. The molecular formula is C19H24N4O2. The molecule has 3 aliphatic rings. The topological polar surface area (TPSA) is 64.2 Å². The molecule has 6 nitrogen and oxygen atoms in total. The van der Waals surface area contributed by atoms with E-state index in [0.717, 1.165) is 37.4 Å². The van der Waals surface area contributed by atoms with Crippen molar-refractivity contribution in [2.45, 2.75) is 56.9 Å². The lowest BCUT2D eigenvalue weighted by atomic mass is 9.80. The van der Waals surface area contributed by atoms with Crippen molar-refractivity contribution in [3.63, 3.8) is 0 Å². The van der Waals surface area contributed by atoms with E-state index in [1.165, 1.54) is 19.3 Å². The number of hydrogen-bond donors (Lipinski definition) is 0. The van der Waals surface area contributed by atoms with Gasteiger partial charge in [0.1, 0.15) is 5.69 Å². The van der Waals surface area contributed by atoms with E-state index in [1.807, 2.05) is 30.2 Å². The van der Waals surface area contributed by atoms with Crippen LogP contribution in [0.3, 0.4) is 0 Å². The third-order valence-corrected chi connectivity index (χ3v) is 6.29. The first kappa shape index (κ1) is 15.2. The molecule has 132 valence electrons. The Hall–Kier alpha value is -2.11. The van der Waals surface area contributed by atoms with Gasteiger partial charge in [0, 0.05) is 31.7 Å². The minimum Gasteiger partial charge on any atom is -0.425 e. The van der Waals surface area contributed by atoms with Gasteiger partial charge in [0.25, 0.3) is 5.91 Å². The summed E-state index contributed by atoms with van der Waals surface area (Å²) in [5.74, 6) is 2.04. The minimum atomic E-state index is -0.132. The van der Waals surface area contributed by atoms with Crippen molar-refractivity contribution in [1.82, 2.24) is 19.7 Å². The Kier molecular flexibility index (Phi) is 3.30. The van der Waals surface area contributed by atoms with Crippen LogP contribution in [0.4, 0.5) is 0 Å². The predicted octanol–water partition coefficient (Wildman–Crippen LogP) is 2.96. The molecule has 2 aromatic rings. The highest BCUT2D eigenvalue weighted by atomic mass is 16.4. The number of rotatable bonds is 4. The Morgan fingerprint density at radius 1 is 1.36 bits per heavy atom. The summed E-state index contributed by atoms with van der Waals surface area (Å²) in [4.78, 5) is 15.2. The van der Waals surface area contributed by atoms with Crippen LogP contribution in [0.15, 0.2) is 22.7 Å². The van der Waals surface area contributed by atoms with Crippen LogP contribution in [0.25, 0.3) is 0 Å². The number of likely N-dealkylation sites (tertiary alicyclic amines) is 1. The van der Waals surface area contributed by atoms with Crippen LogP contribution in [0.2, 0.25) is 0 Å². The first-order valence-corrected chi connectivity index (χ1v) is 9.50. The molecule has 0 spiro atoms. The SMILES string of the molecule is CCc1nnc([C@]23CCC[C@H]2CN(C(=O)c2cccn2C2CC2)C3)o1. The smallest absolute Gasteiger partial charge is 0.270 e. The van der Waals surface area contributed by atoms with Crippen molar-refractivity contribution in [2.75, 3.05) is 13.1 Å². The van der Waals surface area contributed by atoms with Crippen molar-refractivity contribution < 1.29 is 9.21 Å². The highest BCUT2D eigenvalue weighted by Gasteiger charge is 2.55. The third kappa shape index (κ3) is 2.26. The summed E-state index contributed by atoms with van der Waals surface area (Å²) in [7, 11) is 0. The quantitative estimate of drug-likeness (QED) is 0.858. The molecule has 2 aliphatic carbocycles. The maximum absolute atomic E-state index is 13.2. The molecule has 2 atom stereocenters. The molecule has 3 fully saturated rings. The summed E-state index contributed by atoms with van der Waals surface area (Å²) in [6, 6.07) is 4.47. The molecule has 1 amide bonds. The van der Waals surface area contributed by atoms with Crippen LogP contribution in [-0.4, -0.2) is 38.7 Å². The number of amides is 1. The zero-order valence-electron chi connectivity index (χ0n) is 14.6. The third-order valence-electron chi connectivity index (χ3n) is 6.29. The lowest BCUT2D eigenvalue weighted by Crippen LogP contribution is -2.35. The van der Waals surface area contributed by atoms with Crippen molar-refractivity contribution in [3.05, 3.63) is 35.8 Å². The van der Waals surface area contributed by atoms with Gasteiger partial charge in [0.15, 0.2) is 0 Å². The Bertz CT molecular complexity index is 806. The molecule has 0 aromatic carbocycles. The van der Waals surface area contributed by atoms with Crippen LogP contribution >= 0.6 is 0 Å². The average Bonchev–Trinajstić information content (AvgIpc) is 3.05. The van der Waals surface area contributed by atoms with Crippen molar-refractivity contribution in [2.24, 2.45) is 5.92 Å². The normalized spacial score (nSPS) is 28.5. The number of aromatic nitrogens is 3. The van der Waals surface area contributed by atoms with Gasteiger partial charge in [-0.05, 0) is 43.7 Å². The summed E-state index contributed by atoms with van der Waals surface area (Å²) < 4.78 is 8.10. The van der Waals surface area contributed by atoms with E-state index in [-0.39, 0.29) is 11.3 Å². The summed E-state index contributed by atoms with van der Waals surface area (Å²) in [6.45, 7) is 3.54. The summed E-state index contributed by atoms with van der Waals surface area (Å²) in [5.41, 5.74) is 0.699. The number of aryl methyl sites for hydroxylation is 1. The fraction of sp³-hybridized carbons (Fsp3) is 0.632. The van der Waals surface area contributed by atoms with E-state index in [0.29, 0.717) is 24.4 Å². The van der Waals surface area contributed by atoms with E-state index in [9.17, 15) is 4.79 Å². The molecular weight excluding hydrogens is 316 g/mol. The van der Waals surface area contributed by atoms with E-state index in [1.54, 1.807) is 0 Å². The van der Waals surface area contributed by atoms with Gasteiger partial charge in [0.05, 0.1) is 5.41 Å². The first-order valence-electron chi connectivity index (χ1n) is 9.50. The fourth-order valence-corrected chi connectivity index (χ4v) is 4.80. The molecule has 0 N–H and O–H groups in total. The first-order chi connectivity index (χ1) is 12.2. The second-order valence-electron chi connectivity index (χ2n) is 7.82. The molecule has 1 saturated heterocycles. The van der Waals surface area contributed by atoms with Crippen molar-refractivity contribution in [1.29, 1.82) is 0 Å². The largest absolute Gasteiger partial charge is 0.425 e. The molecule has 5 rings (SSSR count). The van der Waals surface area contributed by atoms with Crippen molar-refractivity contribution in [3.8, 4) is 0 Å². The molecule has 1 aliphatic heterocycles. The van der Waals surface area contributed by atoms with Gasteiger partial charge in [-0.25, -0.2) is 0 Å². The number of nitrogens with zero attached hydrogens (tertiary/aromatic N) is 4. The van der Waals surface area contributed by atoms with Gasteiger partial charge in [-0.2, -0.15) is 0 Å². The maximum Gasteiger partial charge on any atom is 0.270 e. The molecule has 3 heterocycles. The zero-order chi connectivity index (χ0) is 17.0. The minimum absolute atomic E-state index is 0.132. The highest BCUT2D eigenvalue weighted by molar-refractivity contribution is 5.93. The summed E-state index contributed by atoms with van der Waals surface area (Å²) in [6.07, 6.45) is 8.52. The molecule has 0 bridgehead atoms. The zero-order valence-corrected chi connectivity index (χ0v) is 14.6. The maximum atomic E-state index is 13.2. The molecule has 0 unspecified atom stereocenters. The summed E-state index contributed by atoms with van der Waals surface area (Å²) in [5, 5.41) is 8.53. The second kappa shape index (κ2) is 5.44. The highest BCUT2D eigenvalue weighted by Crippen LogP contribution is 2.50. The van der Waals surface area contributed by atoms with E-state index in [4.69, 9.17) is 4.42 Å². The van der Waals surface area contributed by atoms with Gasteiger partial charge >= 0.3 is 0 Å². The van der Waals surface area contributed by atoms with Crippen LogP contribution < -0.4 is 0 Å². The number of carbonyl (C=O) groups excluding carboxylic acids is 1. The molecule has 25 heavy (non-hydrogen) atoms. The monoisotopic (exact) mass is 340 g/mol. The van der Waals surface area contributed by atoms with E-state index >= 15 is 0 Å².